The fourth-order valence-electron chi connectivity index (χ4n) is 3.29. The molecule has 2 aliphatic heterocycles. The zero-order chi connectivity index (χ0) is 11.7. The lowest BCUT2D eigenvalue weighted by atomic mass is 9.99. The van der Waals surface area contributed by atoms with E-state index in [-0.39, 0.29) is 0 Å². The van der Waals surface area contributed by atoms with E-state index in [4.69, 9.17) is 0 Å². The molecule has 0 bridgehead atoms. The van der Waals surface area contributed by atoms with Gasteiger partial charge in [0.05, 0.1) is 0 Å². The molecule has 3 heteroatoms. The Labute approximate surface area is 108 Å². The van der Waals surface area contributed by atoms with Gasteiger partial charge in [0.15, 0.2) is 0 Å². The quantitative estimate of drug-likeness (QED) is 0.887. The summed E-state index contributed by atoms with van der Waals surface area (Å²) in [5.41, 5.74) is 2.94. The first-order chi connectivity index (χ1) is 8.34. The monoisotopic (exact) mass is 250 g/mol. The van der Waals surface area contributed by atoms with Gasteiger partial charge in [-0.3, -0.25) is 4.90 Å². The lowest BCUT2D eigenvalue weighted by molar-refractivity contribution is 0.180. The van der Waals surface area contributed by atoms with E-state index in [0.717, 1.165) is 18.6 Å². The van der Waals surface area contributed by atoms with Crippen molar-refractivity contribution in [1.29, 1.82) is 0 Å². The molecule has 0 aliphatic carbocycles. The number of nitrogens with one attached hydrogen (secondary N) is 1. The van der Waals surface area contributed by atoms with Crippen molar-refractivity contribution in [2.24, 2.45) is 0 Å². The Bertz CT molecular complexity index is 374. The van der Waals surface area contributed by atoms with Gasteiger partial charge < -0.3 is 5.32 Å². The molecule has 0 spiro atoms. The van der Waals surface area contributed by atoms with Gasteiger partial charge in [0.2, 0.25) is 0 Å². The maximum absolute atomic E-state index is 3.79. The summed E-state index contributed by atoms with van der Waals surface area (Å²) < 4.78 is 0. The van der Waals surface area contributed by atoms with E-state index in [1.54, 1.807) is 0 Å². The van der Waals surface area contributed by atoms with Crippen LogP contribution in [0.3, 0.4) is 0 Å². The van der Waals surface area contributed by atoms with E-state index in [0.29, 0.717) is 0 Å². The molecule has 2 fully saturated rings. The van der Waals surface area contributed by atoms with Gasteiger partial charge in [0, 0.05) is 25.2 Å². The summed E-state index contributed by atoms with van der Waals surface area (Å²) in [6.07, 6.45) is 5.58. The van der Waals surface area contributed by atoms with Gasteiger partial charge in [-0.25, -0.2) is 0 Å². The molecule has 0 saturated carbocycles. The Morgan fingerprint density at radius 1 is 1.29 bits per heavy atom. The highest BCUT2D eigenvalue weighted by molar-refractivity contribution is 7.08. The maximum atomic E-state index is 3.79. The number of hydrogen-bond acceptors (Lipinski definition) is 3. The second-order valence-corrected chi connectivity index (χ2v) is 6.20. The molecule has 3 heterocycles. The van der Waals surface area contributed by atoms with Crippen molar-refractivity contribution in [3.8, 4) is 0 Å². The number of fused-ring (bicyclic) bond motifs is 1. The SMILES string of the molecule is Cc1cscc1CNC1CCN2CCCCC12. The third-order valence-corrected chi connectivity index (χ3v) is 5.28. The van der Waals surface area contributed by atoms with Gasteiger partial charge in [0.1, 0.15) is 0 Å². The molecule has 0 aromatic carbocycles. The van der Waals surface area contributed by atoms with E-state index in [9.17, 15) is 0 Å². The van der Waals surface area contributed by atoms with Crippen molar-refractivity contribution in [2.75, 3.05) is 13.1 Å². The van der Waals surface area contributed by atoms with Gasteiger partial charge in [-0.15, -0.1) is 0 Å². The summed E-state index contributed by atoms with van der Waals surface area (Å²) in [5.74, 6) is 0. The molecule has 94 valence electrons. The first-order valence-electron chi connectivity index (χ1n) is 6.84. The maximum Gasteiger partial charge on any atom is 0.0249 e. The summed E-state index contributed by atoms with van der Waals surface area (Å²) in [4.78, 5) is 2.70. The predicted octanol–water partition coefficient (Wildman–Crippen LogP) is 2.77. The lowest BCUT2D eigenvalue weighted by Gasteiger charge is -2.32. The molecular weight excluding hydrogens is 228 g/mol. The predicted molar refractivity (Wildman–Crippen MR) is 73.5 cm³/mol. The molecule has 17 heavy (non-hydrogen) atoms. The zero-order valence-corrected chi connectivity index (χ0v) is 11.4. The summed E-state index contributed by atoms with van der Waals surface area (Å²) in [6.45, 7) is 5.92. The average Bonchev–Trinajstić information content (AvgIpc) is 2.93. The Kier molecular flexibility index (Phi) is 3.50. The highest BCUT2D eigenvalue weighted by Gasteiger charge is 2.34. The van der Waals surface area contributed by atoms with Crippen molar-refractivity contribution < 1.29 is 0 Å². The van der Waals surface area contributed by atoms with E-state index in [1.807, 2.05) is 11.3 Å². The second-order valence-electron chi connectivity index (χ2n) is 5.46. The largest absolute Gasteiger partial charge is 0.308 e. The zero-order valence-electron chi connectivity index (χ0n) is 10.6. The third-order valence-electron chi connectivity index (χ3n) is 4.37. The fraction of sp³-hybridized carbons (Fsp3) is 0.714. The first-order valence-corrected chi connectivity index (χ1v) is 7.78. The number of thiophene rings is 1. The van der Waals surface area contributed by atoms with Gasteiger partial charge in [-0.05, 0) is 54.6 Å². The molecule has 0 radical (unpaired) electrons. The topological polar surface area (TPSA) is 15.3 Å². The first kappa shape index (κ1) is 11.7. The van der Waals surface area contributed by atoms with Crippen LogP contribution in [0.25, 0.3) is 0 Å². The summed E-state index contributed by atoms with van der Waals surface area (Å²) in [5, 5.41) is 8.33. The molecule has 0 amide bonds. The number of aryl methyl sites for hydroxylation is 1. The molecule has 2 unspecified atom stereocenters. The minimum absolute atomic E-state index is 0.731. The number of nitrogens with zero attached hydrogens (tertiary/aromatic N) is 1. The van der Waals surface area contributed by atoms with Crippen LogP contribution in [0.15, 0.2) is 10.8 Å². The molecular formula is C14H22N2S. The van der Waals surface area contributed by atoms with Crippen LogP contribution in [-0.4, -0.2) is 30.1 Å². The van der Waals surface area contributed by atoms with Crippen LogP contribution in [0, 0.1) is 6.92 Å². The smallest absolute Gasteiger partial charge is 0.0249 e. The van der Waals surface area contributed by atoms with Crippen molar-refractivity contribution in [1.82, 2.24) is 10.2 Å². The van der Waals surface area contributed by atoms with Gasteiger partial charge in [-0.1, -0.05) is 6.42 Å². The van der Waals surface area contributed by atoms with Crippen molar-refractivity contribution in [3.05, 3.63) is 21.9 Å². The number of piperidine rings is 1. The lowest BCUT2D eigenvalue weighted by Crippen LogP contribution is -2.44. The van der Waals surface area contributed by atoms with Gasteiger partial charge in [-0.2, -0.15) is 11.3 Å². The summed E-state index contributed by atoms with van der Waals surface area (Å²) in [7, 11) is 0. The molecule has 3 rings (SSSR count). The molecule has 2 nitrogen and oxygen atoms in total. The highest BCUT2D eigenvalue weighted by atomic mass is 32.1. The Morgan fingerprint density at radius 3 is 3.06 bits per heavy atom. The van der Waals surface area contributed by atoms with Crippen molar-refractivity contribution >= 4 is 11.3 Å². The third kappa shape index (κ3) is 2.42. The van der Waals surface area contributed by atoms with Crippen LogP contribution >= 0.6 is 11.3 Å². The van der Waals surface area contributed by atoms with Crippen molar-refractivity contribution in [3.63, 3.8) is 0 Å². The summed E-state index contributed by atoms with van der Waals surface area (Å²) >= 11 is 1.82. The summed E-state index contributed by atoms with van der Waals surface area (Å²) in [6, 6.07) is 1.55. The van der Waals surface area contributed by atoms with Crippen LogP contribution in [0.5, 0.6) is 0 Å². The van der Waals surface area contributed by atoms with E-state index in [1.165, 1.54) is 49.9 Å². The molecule has 2 saturated heterocycles. The molecule has 1 N–H and O–H groups in total. The number of rotatable bonds is 3. The van der Waals surface area contributed by atoms with Crippen LogP contribution in [0.2, 0.25) is 0 Å². The highest BCUT2D eigenvalue weighted by Crippen LogP contribution is 2.27. The number of hydrogen-bond donors (Lipinski definition) is 1. The molecule has 1 aromatic heterocycles. The van der Waals surface area contributed by atoms with E-state index >= 15 is 0 Å². The molecule has 2 atom stereocenters. The molecule has 1 aromatic rings. The van der Waals surface area contributed by atoms with Crippen LogP contribution < -0.4 is 5.32 Å². The molecule has 2 aliphatic rings. The van der Waals surface area contributed by atoms with E-state index in [2.05, 4.69) is 27.9 Å². The van der Waals surface area contributed by atoms with Crippen LogP contribution in [-0.2, 0) is 6.54 Å². The second kappa shape index (κ2) is 5.09. The van der Waals surface area contributed by atoms with Gasteiger partial charge >= 0.3 is 0 Å². The van der Waals surface area contributed by atoms with Crippen molar-refractivity contribution in [2.45, 2.75) is 51.2 Å². The normalized spacial score (nSPS) is 29.5. The van der Waals surface area contributed by atoms with E-state index < -0.39 is 0 Å². The Balaban J connectivity index is 1.57. The van der Waals surface area contributed by atoms with Crippen LogP contribution in [0.1, 0.15) is 36.8 Å². The Hall–Kier alpha value is -0.380. The van der Waals surface area contributed by atoms with Crippen LogP contribution in [0.4, 0.5) is 0 Å². The van der Waals surface area contributed by atoms with Gasteiger partial charge in [0.25, 0.3) is 0 Å². The standard InChI is InChI=1S/C14H22N2S/c1-11-9-17-10-12(11)8-15-13-5-7-16-6-3-2-4-14(13)16/h9-10,13-15H,2-8H2,1H3. The Morgan fingerprint density at radius 2 is 2.24 bits per heavy atom. The average molecular weight is 250 g/mol. The minimum Gasteiger partial charge on any atom is -0.308 e. The fourth-order valence-corrected chi connectivity index (χ4v) is 4.15. The minimum atomic E-state index is 0.731.